The van der Waals surface area contributed by atoms with Gasteiger partial charge in [-0.25, -0.2) is 0 Å². The maximum Gasteiger partial charge on any atom is -0.00989 e. The highest BCUT2D eigenvalue weighted by atomic mass is 14.1. The van der Waals surface area contributed by atoms with E-state index in [-0.39, 0.29) is 0 Å². The van der Waals surface area contributed by atoms with Crippen molar-refractivity contribution < 1.29 is 0 Å². The van der Waals surface area contributed by atoms with Crippen molar-refractivity contribution in [3.63, 3.8) is 0 Å². The SMILES string of the molecule is Cc1ccc2ccc3c4cc(C)ccc4ccc3c2c1. The van der Waals surface area contributed by atoms with E-state index in [0.29, 0.717) is 0 Å². The average Bonchev–Trinajstić information content (AvgIpc) is 2.46. The van der Waals surface area contributed by atoms with Gasteiger partial charge in [-0.05, 0) is 46.2 Å². The van der Waals surface area contributed by atoms with Crippen LogP contribution in [-0.2, 0) is 0 Å². The predicted molar refractivity (Wildman–Crippen MR) is 88.4 cm³/mol. The van der Waals surface area contributed by atoms with Crippen molar-refractivity contribution in [2.45, 2.75) is 13.8 Å². The summed E-state index contributed by atoms with van der Waals surface area (Å²) in [7, 11) is 0. The van der Waals surface area contributed by atoms with Crippen molar-refractivity contribution in [2.75, 3.05) is 0 Å². The molecule has 0 unspecified atom stereocenters. The van der Waals surface area contributed by atoms with Crippen molar-refractivity contribution in [2.24, 2.45) is 0 Å². The van der Waals surface area contributed by atoms with Gasteiger partial charge in [-0.15, -0.1) is 0 Å². The van der Waals surface area contributed by atoms with Gasteiger partial charge >= 0.3 is 0 Å². The van der Waals surface area contributed by atoms with Crippen LogP contribution in [0.15, 0.2) is 60.7 Å². The number of aryl methyl sites for hydroxylation is 2. The van der Waals surface area contributed by atoms with Gasteiger partial charge in [0.25, 0.3) is 0 Å². The van der Waals surface area contributed by atoms with Crippen LogP contribution in [0.1, 0.15) is 11.1 Å². The first-order valence-corrected chi connectivity index (χ1v) is 7.05. The number of benzene rings is 4. The van der Waals surface area contributed by atoms with Crippen LogP contribution in [0.2, 0.25) is 0 Å². The monoisotopic (exact) mass is 256 g/mol. The van der Waals surface area contributed by atoms with Crippen molar-refractivity contribution in [1.29, 1.82) is 0 Å². The van der Waals surface area contributed by atoms with Crippen molar-refractivity contribution in [3.8, 4) is 0 Å². The Morgan fingerprint density at radius 2 is 0.850 bits per heavy atom. The maximum atomic E-state index is 2.29. The van der Waals surface area contributed by atoms with Crippen LogP contribution < -0.4 is 0 Å². The molecule has 0 aromatic heterocycles. The molecule has 0 aliphatic rings. The van der Waals surface area contributed by atoms with Gasteiger partial charge in [-0.2, -0.15) is 0 Å². The molecule has 0 saturated heterocycles. The molecule has 0 bridgehead atoms. The summed E-state index contributed by atoms with van der Waals surface area (Å²) < 4.78 is 0. The summed E-state index contributed by atoms with van der Waals surface area (Å²) in [5.74, 6) is 0. The molecule has 0 heteroatoms. The van der Waals surface area contributed by atoms with E-state index in [2.05, 4.69) is 74.5 Å². The van der Waals surface area contributed by atoms with Gasteiger partial charge in [0.1, 0.15) is 0 Å². The van der Waals surface area contributed by atoms with E-state index in [0.717, 1.165) is 0 Å². The minimum atomic E-state index is 1.31. The van der Waals surface area contributed by atoms with Gasteiger partial charge < -0.3 is 0 Å². The Hall–Kier alpha value is -2.34. The molecule has 0 fully saturated rings. The lowest BCUT2D eigenvalue weighted by molar-refractivity contribution is 1.51. The minimum absolute atomic E-state index is 1.31. The summed E-state index contributed by atoms with van der Waals surface area (Å²) in [5, 5.41) is 8.04. The number of rotatable bonds is 0. The fraction of sp³-hybridized carbons (Fsp3) is 0.100. The second kappa shape index (κ2) is 4.08. The van der Waals surface area contributed by atoms with E-state index >= 15 is 0 Å². The van der Waals surface area contributed by atoms with Crippen LogP contribution >= 0.6 is 0 Å². The Labute approximate surface area is 118 Å². The van der Waals surface area contributed by atoms with Crippen molar-refractivity contribution in [1.82, 2.24) is 0 Å². The lowest BCUT2D eigenvalue weighted by Crippen LogP contribution is -1.82. The Morgan fingerprint density at radius 1 is 0.450 bits per heavy atom. The summed E-state index contributed by atoms with van der Waals surface area (Å²) in [6.07, 6.45) is 0. The molecule has 0 atom stereocenters. The van der Waals surface area contributed by atoms with E-state index in [9.17, 15) is 0 Å². The quantitative estimate of drug-likeness (QED) is 0.351. The van der Waals surface area contributed by atoms with Crippen molar-refractivity contribution >= 4 is 32.3 Å². The van der Waals surface area contributed by atoms with Crippen LogP contribution in [0.3, 0.4) is 0 Å². The van der Waals surface area contributed by atoms with Crippen LogP contribution in [-0.4, -0.2) is 0 Å². The fourth-order valence-electron chi connectivity index (χ4n) is 3.09. The first-order valence-electron chi connectivity index (χ1n) is 7.05. The molecule has 4 aromatic rings. The van der Waals surface area contributed by atoms with Crippen LogP contribution in [0.4, 0.5) is 0 Å². The van der Waals surface area contributed by atoms with Crippen LogP contribution in [0, 0.1) is 13.8 Å². The van der Waals surface area contributed by atoms with Gasteiger partial charge in [-0.3, -0.25) is 0 Å². The lowest BCUT2D eigenvalue weighted by atomic mass is 9.95. The van der Waals surface area contributed by atoms with Gasteiger partial charge in [0.15, 0.2) is 0 Å². The lowest BCUT2D eigenvalue weighted by Gasteiger charge is -2.09. The third-order valence-electron chi connectivity index (χ3n) is 4.15. The molecule has 0 radical (unpaired) electrons. The zero-order chi connectivity index (χ0) is 13.7. The molecular weight excluding hydrogens is 240 g/mol. The first kappa shape index (κ1) is 11.5. The number of hydrogen-bond acceptors (Lipinski definition) is 0. The average molecular weight is 256 g/mol. The highest BCUT2D eigenvalue weighted by molar-refractivity contribution is 6.17. The molecule has 0 N–H and O–H groups in total. The fourth-order valence-corrected chi connectivity index (χ4v) is 3.09. The molecular formula is C20H16. The molecule has 0 spiro atoms. The summed E-state index contributed by atoms with van der Waals surface area (Å²) in [5.41, 5.74) is 2.63. The smallest absolute Gasteiger partial charge is 0.00989 e. The van der Waals surface area contributed by atoms with Gasteiger partial charge in [0.05, 0.1) is 0 Å². The predicted octanol–water partition coefficient (Wildman–Crippen LogP) is 5.76. The number of fused-ring (bicyclic) bond motifs is 5. The summed E-state index contributed by atoms with van der Waals surface area (Å²) in [6, 6.07) is 22.4. The Bertz CT molecular complexity index is 881. The third-order valence-corrected chi connectivity index (χ3v) is 4.15. The normalized spacial score (nSPS) is 11.5. The van der Waals surface area contributed by atoms with Gasteiger partial charge in [0.2, 0.25) is 0 Å². The topological polar surface area (TPSA) is 0 Å². The molecule has 0 aliphatic carbocycles. The zero-order valence-electron chi connectivity index (χ0n) is 11.8. The number of hydrogen-bond donors (Lipinski definition) is 0. The molecule has 0 aliphatic heterocycles. The van der Waals surface area contributed by atoms with Crippen molar-refractivity contribution in [3.05, 3.63) is 71.8 Å². The van der Waals surface area contributed by atoms with E-state index in [1.807, 2.05) is 0 Å². The standard InChI is InChI=1S/C20H16/c1-13-3-5-15-7-10-18-17(19(15)11-13)9-8-16-6-4-14(2)12-20(16)18/h3-12H,1-2H3. The molecule has 4 rings (SSSR count). The Balaban J connectivity index is 2.26. The van der Waals surface area contributed by atoms with Crippen LogP contribution in [0.25, 0.3) is 32.3 Å². The first-order chi connectivity index (χ1) is 9.72. The molecule has 20 heavy (non-hydrogen) atoms. The largest absolute Gasteiger partial charge is 0.0587 e. The molecule has 0 saturated carbocycles. The van der Waals surface area contributed by atoms with Gasteiger partial charge in [-0.1, -0.05) is 71.8 Å². The second-order valence-corrected chi connectivity index (χ2v) is 5.68. The summed E-state index contributed by atoms with van der Waals surface area (Å²) in [4.78, 5) is 0. The highest BCUT2D eigenvalue weighted by Gasteiger charge is 2.05. The molecule has 96 valence electrons. The Kier molecular flexibility index (Phi) is 2.34. The Morgan fingerprint density at radius 3 is 1.30 bits per heavy atom. The highest BCUT2D eigenvalue weighted by Crippen LogP contribution is 2.32. The summed E-state index contributed by atoms with van der Waals surface area (Å²) >= 11 is 0. The minimum Gasteiger partial charge on any atom is -0.0587 e. The molecule has 0 nitrogen and oxygen atoms in total. The van der Waals surface area contributed by atoms with E-state index in [4.69, 9.17) is 0 Å². The van der Waals surface area contributed by atoms with E-state index < -0.39 is 0 Å². The third kappa shape index (κ3) is 1.61. The molecule has 0 amide bonds. The van der Waals surface area contributed by atoms with Crippen LogP contribution in [0.5, 0.6) is 0 Å². The van der Waals surface area contributed by atoms with Gasteiger partial charge in [0, 0.05) is 0 Å². The zero-order valence-corrected chi connectivity index (χ0v) is 11.8. The maximum absolute atomic E-state index is 2.29. The second-order valence-electron chi connectivity index (χ2n) is 5.68. The van der Waals surface area contributed by atoms with E-state index in [1.165, 1.54) is 43.4 Å². The van der Waals surface area contributed by atoms with E-state index in [1.54, 1.807) is 0 Å². The summed E-state index contributed by atoms with van der Waals surface area (Å²) in [6.45, 7) is 4.31. The molecule has 4 aromatic carbocycles. The molecule has 0 heterocycles.